The largest absolute Gasteiger partial charge is 0.351 e. The molecule has 1 atom stereocenters. The van der Waals surface area contributed by atoms with Gasteiger partial charge in [0.1, 0.15) is 12.1 Å². The lowest BCUT2D eigenvalue weighted by Crippen LogP contribution is -2.45. The summed E-state index contributed by atoms with van der Waals surface area (Å²) in [7, 11) is 0. The van der Waals surface area contributed by atoms with Gasteiger partial charge in [-0.1, -0.05) is 23.7 Å². The molecule has 1 heterocycles. The molecule has 1 aromatic rings. The third kappa shape index (κ3) is 2.86. The van der Waals surface area contributed by atoms with E-state index in [1.54, 1.807) is 29.6 Å². The fourth-order valence-electron chi connectivity index (χ4n) is 2.14. The van der Waals surface area contributed by atoms with Crippen LogP contribution in [0.15, 0.2) is 24.3 Å². The maximum Gasteiger partial charge on any atom is 0.325 e. The Morgan fingerprint density at radius 3 is 2.45 bits per heavy atom. The lowest BCUT2D eigenvalue weighted by atomic mass is 9.92. The number of nitrogens with two attached hydrogens (primary N) is 1. The van der Waals surface area contributed by atoms with E-state index in [0.29, 0.717) is 15.5 Å². The van der Waals surface area contributed by atoms with Crippen molar-refractivity contribution >= 4 is 35.5 Å². The second-order valence-corrected chi connectivity index (χ2v) is 5.30. The van der Waals surface area contributed by atoms with E-state index in [1.165, 1.54) is 6.92 Å². The van der Waals surface area contributed by atoms with Gasteiger partial charge in [-0.2, -0.15) is 0 Å². The number of hydrogen-bond donors (Lipinski definition) is 3. The van der Waals surface area contributed by atoms with Gasteiger partial charge in [0.15, 0.2) is 0 Å². The van der Waals surface area contributed by atoms with E-state index >= 15 is 0 Å². The number of amides is 6. The number of benzene rings is 1. The van der Waals surface area contributed by atoms with Gasteiger partial charge in [-0.15, -0.1) is 0 Å². The summed E-state index contributed by atoms with van der Waals surface area (Å²) >= 11 is 5.80. The maximum absolute atomic E-state index is 12.5. The summed E-state index contributed by atoms with van der Waals surface area (Å²) in [6.45, 7) is 0.916. The molecule has 0 saturated carbocycles. The highest BCUT2D eigenvalue weighted by Gasteiger charge is 2.49. The number of carbonyl (C=O) groups excluding carboxylic acids is 4. The molecule has 0 aliphatic carbocycles. The van der Waals surface area contributed by atoms with Crippen molar-refractivity contribution in [1.82, 2.24) is 15.5 Å². The first-order valence-corrected chi connectivity index (χ1v) is 6.61. The zero-order valence-electron chi connectivity index (χ0n) is 11.6. The predicted octanol–water partition coefficient (Wildman–Crippen LogP) is 0.302. The first-order valence-electron chi connectivity index (χ1n) is 6.23. The lowest BCUT2D eigenvalue weighted by Gasteiger charge is -2.22. The first-order chi connectivity index (χ1) is 10.2. The Morgan fingerprint density at radius 1 is 1.32 bits per heavy atom. The standard InChI is InChI=1S/C13H13ClN4O4/c1-13(7-2-4-8(14)5-3-7)10(20)18(12(22)17-13)6-9(19)16-11(15)21/h2-5H,6H2,1H3,(H,17,22)(H3,15,16,19,21)/t13-/m1/s1. The minimum absolute atomic E-state index is 0.488. The predicted molar refractivity (Wildman–Crippen MR) is 76.8 cm³/mol. The number of nitrogens with zero attached hydrogens (tertiary/aromatic N) is 1. The molecule has 2 rings (SSSR count). The van der Waals surface area contributed by atoms with E-state index < -0.39 is 36.0 Å². The molecule has 1 fully saturated rings. The SMILES string of the molecule is C[C@]1(c2ccc(Cl)cc2)NC(=O)N(CC(=O)NC(N)=O)C1=O. The number of urea groups is 2. The van der Waals surface area contributed by atoms with Crippen molar-refractivity contribution in [2.75, 3.05) is 6.54 Å². The van der Waals surface area contributed by atoms with Crippen molar-refractivity contribution in [3.05, 3.63) is 34.9 Å². The van der Waals surface area contributed by atoms with Gasteiger partial charge in [-0.3, -0.25) is 19.8 Å². The summed E-state index contributed by atoms with van der Waals surface area (Å²) in [5.74, 6) is -1.46. The van der Waals surface area contributed by atoms with Gasteiger partial charge in [0, 0.05) is 5.02 Å². The number of halogens is 1. The van der Waals surface area contributed by atoms with Gasteiger partial charge in [-0.25, -0.2) is 9.59 Å². The molecule has 6 amide bonds. The smallest absolute Gasteiger partial charge is 0.325 e. The van der Waals surface area contributed by atoms with E-state index in [0.717, 1.165) is 0 Å². The number of imide groups is 2. The van der Waals surface area contributed by atoms with Crippen LogP contribution < -0.4 is 16.4 Å². The normalized spacial score (nSPS) is 20.7. The molecule has 0 unspecified atom stereocenters. The van der Waals surface area contributed by atoms with Crippen LogP contribution in [0.25, 0.3) is 0 Å². The second kappa shape index (κ2) is 5.64. The van der Waals surface area contributed by atoms with Crippen molar-refractivity contribution in [3.8, 4) is 0 Å². The van der Waals surface area contributed by atoms with E-state index in [-0.39, 0.29) is 0 Å². The Hall–Kier alpha value is -2.61. The van der Waals surface area contributed by atoms with Crippen LogP contribution >= 0.6 is 11.6 Å². The molecular formula is C13H13ClN4O4. The summed E-state index contributed by atoms with van der Waals surface area (Å²) < 4.78 is 0. The van der Waals surface area contributed by atoms with Gasteiger partial charge >= 0.3 is 12.1 Å². The Morgan fingerprint density at radius 2 is 1.91 bits per heavy atom. The molecular weight excluding hydrogens is 312 g/mol. The van der Waals surface area contributed by atoms with Gasteiger partial charge in [0.05, 0.1) is 0 Å². The van der Waals surface area contributed by atoms with Crippen LogP contribution in [0.5, 0.6) is 0 Å². The molecule has 0 bridgehead atoms. The molecule has 1 aromatic carbocycles. The Bertz CT molecular complexity index is 661. The molecule has 1 aliphatic heterocycles. The minimum Gasteiger partial charge on any atom is -0.351 e. The monoisotopic (exact) mass is 324 g/mol. The third-order valence-corrected chi connectivity index (χ3v) is 3.51. The number of carbonyl (C=O) groups is 4. The molecule has 116 valence electrons. The highest BCUT2D eigenvalue weighted by atomic mass is 35.5. The summed E-state index contributed by atoms with van der Waals surface area (Å²) in [6, 6.07) is 4.59. The van der Waals surface area contributed by atoms with E-state index in [9.17, 15) is 19.2 Å². The van der Waals surface area contributed by atoms with Crippen molar-refractivity contribution < 1.29 is 19.2 Å². The molecule has 0 spiro atoms. The summed E-state index contributed by atoms with van der Waals surface area (Å²) in [6.07, 6.45) is 0. The molecule has 8 nitrogen and oxygen atoms in total. The van der Waals surface area contributed by atoms with Gasteiger partial charge < -0.3 is 11.1 Å². The zero-order valence-corrected chi connectivity index (χ0v) is 12.3. The second-order valence-electron chi connectivity index (χ2n) is 4.87. The number of rotatable bonds is 3. The van der Waals surface area contributed by atoms with Crippen LogP contribution in [0.2, 0.25) is 5.02 Å². The first kappa shape index (κ1) is 15.8. The molecule has 4 N–H and O–H groups in total. The molecule has 1 aliphatic rings. The average molecular weight is 325 g/mol. The van der Waals surface area contributed by atoms with Crippen LogP contribution in [0.1, 0.15) is 12.5 Å². The molecule has 0 aromatic heterocycles. The van der Waals surface area contributed by atoms with Gasteiger partial charge in [-0.05, 0) is 24.6 Å². The summed E-state index contributed by atoms with van der Waals surface area (Å²) in [5, 5.41) is 4.80. The van der Waals surface area contributed by atoms with Crippen LogP contribution in [0.3, 0.4) is 0 Å². The fraction of sp³-hybridized carbons (Fsp3) is 0.231. The molecule has 9 heteroatoms. The Labute approximate surface area is 130 Å². The van der Waals surface area contributed by atoms with E-state index in [2.05, 4.69) is 5.32 Å². The topological polar surface area (TPSA) is 122 Å². The lowest BCUT2D eigenvalue weighted by molar-refractivity contribution is -0.134. The van der Waals surface area contributed by atoms with Crippen molar-refractivity contribution in [2.24, 2.45) is 5.73 Å². The molecule has 22 heavy (non-hydrogen) atoms. The molecule has 0 radical (unpaired) electrons. The maximum atomic E-state index is 12.5. The van der Waals surface area contributed by atoms with Gasteiger partial charge in [0.2, 0.25) is 5.91 Å². The van der Waals surface area contributed by atoms with E-state index in [4.69, 9.17) is 17.3 Å². The number of primary amides is 1. The van der Waals surface area contributed by atoms with Crippen LogP contribution in [-0.2, 0) is 15.1 Å². The third-order valence-electron chi connectivity index (χ3n) is 3.26. The van der Waals surface area contributed by atoms with Crippen molar-refractivity contribution in [2.45, 2.75) is 12.5 Å². The van der Waals surface area contributed by atoms with Crippen LogP contribution in [0, 0.1) is 0 Å². The zero-order chi connectivity index (χ0) is 16.5. The van der Waals surface area contributed by atoms with Crippen LogP contribution in [0.4, 0.5) is 9.59 Å². The van der Waals surface area contributed by atoms with Crippen molar-refractivity contribution in [3.63, 3.8) is 0 Å². The average Bonchev–Trinajstić information content (AvgIpc) is 2.63. The number of nitrogens with one attached hydrogen (secondary N) is 2. The van der Waals surface area contributed by atoms with Crippen molar-refractivity contribution in [1.29, 1.82) is 0 Å². The Kier molecular flexibility index (Phi) is 4.05. The minimum atomic E-state index is -1.31. The van der Waals surface area contributed by atoms with E-state index in [1.807, 2.05) is 0 Å². The highest BCUT2D eigenvalue weighted by molar-refractivity contribution is 6.30. The fourth-order valence-corrected chi connectivity index (χ4v) is 2.27. The number of hydrogen-bond acceptors (Lipinski definition) is 4. The van der Waals surface area contributed by atoms with Gasteiger partial charge in [0.25, 0.3) is 5.91 Å². The Balaban J connectivity index is 2.22. The molecule has 1 saturated heterocycles. The summed E-state index contributed by atoms with van der Waals surface area (Å²) in [4.78, 5) is 47.2. The highest BCUT2D eigenvalue weighted by Crippen LogP contribution is 2.29. The quantitative estimate of drug-likeness (QED) is 0.692. The van der Waals surface area contributed by atoms with Crippen LogP contribution in [-0.4, -0.2) is 35.3 Å². The summed E-state index contributed by atoms with van der Waals surface area (Å²) in [5.41, 5.74) is 4.02.